The van der Waals surface area contributed by atoms with Crippen molar-refractivity contribution in [1.29, 1.82) is 0 Å². The van der Waals surface area contributed by atoms with E-state index in [9.17, 15) is 5.11 Å². The summed E-state index contributed by atoms with van der Waals surface area (Å²) in [5.41, 5.74) is 3.01. The standard InChI is InChI=1S/C31H23Cl2N7OS/c1-40-18-35-17-27(40)31(41,20-7-10-22(32)11-8-20)21-9-12-26-25(15-21)28(19-4-2-5-23(33)14-19)38-29(37-26)39-30(42)36-24-6-3-13-34-16-24/h2-18,41H,1H3,(H2,36,37,38,39,42). The fourth-order valence-corrected chi connectivity index (χ4v) is 5.35. The number of imidazole rings is 1. The molecule has 3 aromatic heterocycles. The Hall–Kier alpha value is -4.41. The largest absolute Gasteiger partial charge is 0.374 e. The molecular weight excluding hydrogens is 589 g/mol. The zero-order chi connectivity index (χ0) is 29.3. The van der Waals surface area contributed by atoms with Gasteiger partial charge in [-0.15, -0.1) is 0 Å². The van der Waals surface area contributed by atoms with Crippen molar-refractivity contribution in [2.24, 2.45) is 7.05 Å². The third-order valence-electron chi connectivity index (χ3n) is 6.81. The minimum absolute atomic E-state index is 0.297. The molecule has 1 unspecified atom stereocenters. The summed E-state index contributed by atoms with van der Waals surface area (Å²) in [6, 6.07) is 23.8. The number of hydrogen-bond donors (Lipinski definition) is 3. The Morgan fingerprint density at radius 2 is 1.67 bits per heavy atom. The fraction of sp³-hybridized carbons (Fsp3) is 0.0645. The highest BCUT2D eigenvalue weighted by Gasteiger charge is 2.37. The van der Waals surface area contributed by atoms with E-state index in [1.807, 2.05) is 55.6 Å². The smallest absolute Gasteiger partial charge is 0.230 e. The Bertz CT molecular complexity index is 1920. The summed E-state index contributed by atoms with van der Waals surface area (Å²) in [7, 11) is 1.84. The van der Waals surface area contributed by atoms with Crippen LogP contribution in [0.4, 0.5) is 11.6 Å². The molecule has 208 valence electrons. The van der Waals surface area contributed by atoms with Crippen molar-refractivity contribution in [3.05, 3.63) is 131 Å². The number of fused-ring (bicyclic) bond motifs is 1. The van der Waals surface area contributed by atoms with Gasteiger partial charge in [0.15, 0.2) is 10.7 Å². The first-order valence-corrected chi connectivity index (χ1v) is 14.0. The Balaban J connectivity index is 1.50. The fourth-order valence-electron chi connectivity index (χ4n) is 4.83. The lowest BCUT2D eigenvalue weighted by Crippen LogP contribution is -2.31. The summed E-state index contributed by atoms with van der Waals surface area (Å²) in [4.78, 5) is 17.9. The average molecular weight is 613 g/mol. The van der Waals surface area contributed by atoms with Crippen LogP contribution in [0.15, 0.2) is 104 Å². The number of aryl methyl sites for hydroxylation is 1. The molecule has 0 aliphatic heterocycles. The first-order valence-electron chi connectivity index (χ1n) is 12.8. The first-order chi connectivity index (χ1) is 20.3. The normalized spacial score (nSPS) is 12.6. The Morgan fingerprint density at radius 1 is 0.857 bits per heavy atom. The van der Waals surface area contributed by atoms with Gasteiger partial charge in [-0.25, -0.2) is 15.0 Å². The van der Waals surface area contributed by atoms with Crippen molar-refractivity contribution >= 4 is 63.1 Å². The lowest BCUT2D eigenvalue weighted by atomic mass is 9.83. The number of anilines is 2. The van der Waals surface area contributed by atoms with Crippen molar-refractivity contribution in [2.45, 2.75) is 5.60 Å². The molecule has 11 heteroatoms. The van der Waals surface area contributed by atoms with Crippen LogP contribution in [0.5, 0.6) is 0 Å². The second-order valence-corrected chi connectivity index (χ2v) is 10.8. The Morgan fingerprint density at radius 3 is 2.38 bits per heavy atom. The monoisotopic (exact) mass is 611 g/mol. The summed E-state index contributed by atoms with van der Waals surface area (Å²) in [5.74, 6) is 0.297. The number of aliphatic hydroxyl groups is 1. The highest BCUT2D eigenvalue weighted by molar-refractivity contribution is 7.80. The molecule has 0 fully saturated rings. The van der Waals surface area contributed by atoms with Gasteiger partial charge < -0.3 is 20.3 Å². The molecule has 8 nitrogen and oxygen atoms in total. The lowest BCUT2D eigenvalue weighted by Gasteiger charge is -2.30. The number of benzene rings is 3. The van der Waals surface area contributed by atoms with Crippen LogP contribution in [0.3, 0.4) is 0 Å². The van der Waals surface area contributed by atoms with E-state index in [-0.39, 0.29) is 0 Å². The van der Waals surface area contributed by atoms with Gasteiger partial charge >= 0.3 is 0 Å². The number of halogens is 2. The topological polar surface area (TPSA) is 101 Å². The maximum atomic E-state index is 12.5. The van der Waals surface area contributed by atoms with E-state index in [0.29, 0.717) is 54.5 Å². The molecule has 3 heterocycles. The maximum absolute atomic E-state index is 12.5. The summed E-state index contributed by atoms with van der Waals surface area (Å²) < 4.78 is 1.79. The number of aromatic nitrogens is 5. The lowest BCUT2D eigenvalue weighted by molar-refractivity contribution is 0.117. The quantitative estimate of drug-likeness (QED) is 0.176. The van der Waals surface area contributed by atoms with Gasteiger partial charge in [-0.05, 0) is 71.9 Å². The summed E-state index contributed by atoms with van der Waals surface area (Å²) in [6.07, 6.45) is 6.65. The van der Waals surface area contributed by atoms with Crippen molar-refractivity contribution in [1.82, 2.24) is 24.5 Å². The van der Waals surface area contributed by atoms with Crippen molar-refractivity contribution in [2.75, 3.05) is 10.6 Å². The van der Waals surface area contributed by atoms with Gasteiger partial charge in [-0.1, -0.05) is 53.5 Å². The van der Waals surface area contributed by atoms with Gasteiger partial charge in [0.2, 0.25) is 5.95 Å². The zero-order valence-corrected chi connectivity index (χ0v) is 24.5. The number of rotatable bonds is 6. The third-order valence-corrected chi connectivity index (χ3v) is 7.50. The van der Waals surface area contributed by atoms with Crippen LogP contribution >= 0.6 is 35.4 Å². The number of nitrogens with one attached hydrogen (secondary N) is 2. The third kappa shape index (κ3) is 5.43. The number of pyridine rings is 1. The van der Waals surface area contributed by atoms with Gasteiger partial charge in [0.25, 0.3) is 0 Å². The van der Waals surface area contributed by atoms with E-state index >= 15 is 0 Å². The molecule has 0 saturated carbocycles. The second kappa shape index (κ2) is 11.5. The van der Waals surface area contributed by atoms with E-state index in [0.717, 1.165) is 11.3 Å². The highest BCUT2D eigenvalue weighted by atomic mass is 35.5. The van der Waals surface area contributed by atoms with Crippen LogP contribution in [0.2, 0.25) is 10.0 Å². The average Bonchev–Trinajstić information content (AvgIpc) is 3.43. The maximum Gasteiger partial charge on any atom is 0.230 e. The number of nitrogens with zero attached hydrogens (tertiary/aromatic N) is 5. The SMILES string of the molecule is Cn1cncc1C(O)(c1ccc(Cl)cc1)c1ccc2nc(NC(=S)Nc3cccnc3)nc(-c3cccc(Cl)c3)c2c1. The van der Waals surface area contributed by atoms with Crippen molar-refractivity contribution in [3.63, 3.8) is 0 Å². The number of thiocarbonyl (C=S) groups is 1. The van der Waals surface area contributed by atoms with E-state index < -0.39 is 5.60 Å². The van der Waals surface area contributed by atoms with Crippen molar-refractivity contribution < 1.29 is 5.11 Å². The summed E-state index contributed by atoms with van der Waals surface area (Å²) in [6.45, 7) is 0. The van der Waals surface area contributed by atoms with Gasteiger partial charge in [-0.2, -0.15) is 0 Å². The van der Waals surface area contributed by atoms with Crippen LogP contribution in [-0.4, -0.2) is 34.7 Å². The van der Waals surface area contributed by atoms with Crippen LogP contribution in [0.1, 0.15) is 16.8 Å². The van der Waals surface area contributed by atoms with Crippen LogP contribution in [-0.2, 0) is 12.6 Å². The Kier molecular flexibility index (Phi) is 7.57. The molecule has 0 aliphatic rings. The van der Waals surface area contributed by atoms with E-state index in [2.05, 4.69) is 20.6 Å². The minimum Gasteiger partial charge on any atom is -0.374 e. The van der Waals surface area contributed by atoms with E-state index in [1.165, 1.54) is 0 Å². The number of hydrogen-bond acceptors (Lipinski definition) is 6. The van der Waals surface area contributed by atoms with Gasteiger partial charge in [0, 0.05) is 34.2 Å². The second-order valence-electron chi connectivity index (χ2n) is 9.57. The minimum atomic E-state index is -1.55. The van der Waals surface area contributed by atoms with Crippen molar-refractivity contribution in [3.8, 4) is 11.3 Å². The Labute approximate surface area is 257 Å². The molecule has 42 heavy (non-hydrogen) atoms. The van der Waals surface area contributed by atoms with E-state index in [1.54, 1.807) is 59.8 Å². The molecule has 1 atom stereocenters. The highest BCUT2D eigenvalue weighted by Crippen LogP contribution is 2.39. The molecule has 0 radical (unpaired) electrons. The molecule has 0 bridgehead atoms. The molecule has 3 N–H and O–H groups in total. The molecule has 0 spiro atoms. The molecule has 0 amide bonds. The summed E-state index contributed by atoms with van der Waals surface area (Å²) >= 11 is 18.1. The first kappa shape index (κ1) is 27.7. The van der Waals surface area contributed by atoms with Gasteiger partial charge in [0.1, 0.15) is 0 Å². The molecule has 6 aromatic rings. The van der Waals surface area contributed by atoms with E-state index in [4.69, 9.17) is 45.4 Å². The van der Waals surface area contributed by atoms with Gasteiger partial charge in [0.05, 0.1) is 41.3 Å². The molecule has 3 aromatic carbocycles. The predicted octanol–water partition coefficient (Wildman–Crippen LogP) is 6.83. The van der Waals surface area contributed by atoms with Crippen LogP contribution in [0.25, 0.3) is 22.2 Å². The van der Waals surface area contributed by atoms with Crippen LogP contribution in [0, 0.1) is 0 Å². The predicted molar refractivity (Wildman–Crippen MR) is 171 cm³/mol. The zero-order valence-electron chi connectivity index (χ0n) is 22.2. The molecule has 0 saturated heterocycles. The molecule has 0 aliphatic carbocycles. The molecular formula is C31H23Cl2N7OS. The van der Waals surface area contributed by atoms with Gasteiger partial charge in [-0.3, -0.25) is 4.98 Å². The van der Waals surface area contributed by atoms with Crippen LogP contribution < -0.4 is 10.6 Å². The molecule has 6 rings (SSSR count). The summed E-state index contributed by atoms with van der Waals surface area (Å²) in [5, 5.41) is 20.8.